The summed E-state index contributed by atoms with van der Waals surface area (Å²) in [4.78, 5) is 21.3. The Bertz CT molecular complexity index is 627. The molecule has 2 heterocycles. The van der Waals surface area contributed by atoms with E-state index in [1.807, 2.05) is 6.07 Å². The van der Waals surface area contributed by atoms with Gasteiger partial charge in [-0.25, -0.2) is 9.78 Å². The van der Waals surface area contributed by atoms with Crippen molar-refractivity contribution >= 4 is 17.1 Å². The number of rotatable bonds is 1. The lowest BCUT2D eigenvalue weighted by atomic mass is 9.96. The minimum absolute atomic E-state index is 0.233. The van der Waals surface area contributed by atoms with Gasteiger partial charge in [-0.1, -0.05) is 6.07 Å². The molecule has 0 spiro atoms. The Balaban J connectivity index is 1.75. The molecule has 5 heteroatoms. The van der Waals surface area contributed by atoms with Gasteiger partial charge in [0.2, 0.25) is 0 Å². The number of H-pyrrole nitrogens is 1. The molecule has 0 radical (unpaired) electrons. The lowest BCUT2D eigenvalue weighted by Gasteiger charge is -2.29. The number of amides is 1. The highest BCUT2D eigenvalue weighted by Gasteiger charge is 2.26. The summed E-state index contributed by atoms with van der Waals surface area (Å²) in [7, 11) is 1.43. The Morgan fingerprint density at radius 1 is 1.40 bits per heavy atom. The molecule has 1 fully saturated rings. The van der Waals surface area contributed by atoms with Crippen LogP contribution in [0.5, 0.6) is 0 Å². The van der Waals surface area contributed by atoms with Crippen molar-refractivity contribution in [2.75, 3.05) is 20.2 Å². The summed E-state index contributed by atoms with van der Waals surface area (Å²) in [5, 5.41) is 0. The largest absolute Gasteiger partial charge is 0.453 e. The summed E-state index contributed by atoms with van der Waals surface area (Å²) in [6.07, 6.45) is 1.62. The molecule has 0 atom stereocenters. The Morgan fingerprint density at radius 3 is 2.85 bits per heavy atom. The van der Waals surface area contributed by atoms with Gasteiger partial charge >= 0.3 is 6.09 Å². The predicted molar refractivity (Wildman–Crippen MR) is 76.8 cm³/mol. The maximum Gasteiger partial charge on any atom is 0.409 e. The van der Waals surface area contributed by atoms with E-state index < -0.39 is 0 Å². The fourth-order valence-electron chi connectivity index (χ4n) is 2.80. The minimum atomic E-state index is -0.233. The van der Waals surface area contributed by atoms with Gasteiger partial charge in [0.05, 0.1) is 18.1 Å². The third-order valence-electron chi connectivity index (χ3n) is 3.97. The number of hydrogen-bond donors (Lipinski definition) is 1. The van der Waals surface area contributed by atoms with E-state index in [0.29, 0.717) is 5.92 Å². The molecule has 1 N–H and O–H groups in total. The number of ether oxygens (including phenoxy) is 1. The number of nitrogens with zero attached hydrogens (tertiary/aromatic N) is 2. The van der Waals surface area contributed by atoms with Crippen LogP contribution in [0.2, 0.25) is 0 Å². The van der Waals surface area contributed by atoms with Crippen LogP contribution >= 0.6 is 0 Å². The highest BCUT2D eigenvalue weighted by molar-refractivity contribution is 5.76. The van der Waals surface area contributed by atoms with Crippen molar-refractivity contribution in [2.24, 2.45) is 0 Å². The molecule has 0 bridgehead atoms. The van der Waals surface area contributed by atoms with Crippen molar-refractivity contribution in [1.29, 1.82) is 0 Å². The molecule has 0 unspecified atom stereocenters. The maximum atomic E-state index is 11.5. The van der Waals surface area contributed by atoms with E-state index in [1.54, 1.807) is 4.90 Å². The van der Waals surface area contributed by atoms with Crippen LogP contribution in [0.1, 0.15) is 30.1 Å². The zero-order chi connectivity index (χ0) is 14.1. The molecular formula is C15H19N3O2. The number of aryl methyl sites for hydroxylation is 1. The molecule has 1 aromatic heterocycles. The second kappa shape index (κ2) is 5.15. The van der Waals surface area contributed by atoms with Crippen molar-refractivity contribution < 1.29 is 9.53 Å². The molecule has 20 heavy (non-hydrogen) atoms. The van der Waals surface area contributed by atoms with E-state index in [-0.39, 0.29) is 6.09 Å². The number of aromatic amines is 1. The summed E-state index contributed by atoms with van der Waals surface area (Å²) in [5.74, 6) is 1.43. The van der Waals surface area contributed by atoms with Gasteiger partial charge in [-0.15, -0.1) is 0 Å². The van der Waals surface area contributed by atoms with E-state index >= 15 is 0 Å². The summed E-state index contributed by atoms with van der Waals surface area (Å²) in [6, 6.07) is 6.25. The van der Waals surface area contributed by atoms with E-state index in [9.17, 15) is 4.79 Å². The highest BCUT2D eigenvalue weighted by atomic mass is 16.5. The molecule has 1 aliphatic rings. The van der Waals surface area contributed by atoms with Gasteiger partial charge in [0.1, 0.15) is 5.82 Å². The Hall–Kier alpha value is -2.04. The lowest BCUT2D eigenvalue weighted by molar-refractivity contribution is 0.112. The van der Waals surface area contributed by atoms with Crippen LogP contribution in [-0.4, -0.2) is 41.2 Å². The molecule has 1 amide bonds. The van der Waals surface area contributed by atoms with E-state index in [1.165, 1.54) is 12.7 Å². The van der Waals surface area contributed by atoms with Gasteiger partial charge < -0.3 is 14.6 Å². The van der Waals surface area contributed by atoms with Gasteiger partial charge in [0.15, 0.2) is 0 Å². The number of methoxy groups -OCH3 is 1. The zero-order valence-corrected chi connectivity index (χ0v) is 11.8. The first-order valence-electron chi connectivity index (χ1n) is 6.96. The molecule has 1 aromatic carbocycles. The third kappa shape index (κ3) is 2.35. The number of hydrogen-bond acceptors (Lipinski definition) is 3. The van der Waals surface area contributed by atoms with Crippen molar-refractivity contribution in [2.45, 2.75) is 25.7 Å². The monoisotopic (exact) mass is 273 g/mol. The molecule has 106 valence electrons. The number of aromatic nitrogens is 2. The number of imidazole rings is 1. The number of likely N-dealkylation sites (tertiary alicyclic amines) is 1. The van der Waals surface area contributed by atoms with Crippen LogP contribution in [0.15, 0.2) is 18.2 Å². The van der Waals surface area contributed by atoms with Crippen LogP contribution in [-0.2, 0) is 4.74 Å². The topological polar surface area (TPSA) is 58.2 Å². The normalized spacial score (nSPS) is 16.6. The van der Waals surface area contributed by atoms with Gasteiger partial charge in [-0.05, 0) is 37.5 Å². The standard InChI is InChI=1S/C15H19N3O2/c1-10-3-4-12-13(9-10)17-14(16-12)11-5-7-18(8-6-11)15(19)20-2/h3-4,9,11H,5-8H2,1-2H3,(H,16,17). The number of piperidine rings is 1. The molecule has 0 aliphatic carbocycles. The average Bonchev–Trinajstić information content (AvgIpc) is 2.89. The molecular weight excluding hydrogens is 254 g/mol. The third-order valence-corrected chi connectivity index (χ3v) is 3.97. The SMILES string of the molecule is COC(=O)N1CCC(c2nc3ccc(C)cc3[nH]2)CC1. The number of carbonyl (C=O) groups excluding carboxylic acids is 1. The van der Waals surface area contributed by atoms with Gasteiger partial charge in [0.25, 0.3) is 0 Å². The first-order valence-corrected chi connectivity index (χ1v) is 6.96. The van der Waals surface area contributed by atoms with Crippen molar-refractivity contribution in [1.82, 2.24) is 14.9 Å². The minimum Gasteiger partial charge on any atom is -0.453 e. The molecule has 5 nitrogen and oxygen atoms in total. The Morgan fingerprint density at radius 2 is 2.15 bits per heavy atom. The second-order valence-corrected chi connectivity index (χ2v) is 5.37. The van der Waals surface area contributed by atoms with Crippen molar-refractivity contribution in [3.8, 4) is 0 Å². The summed E-state index contributed by atoms with van der Waals surface area (Å²) >= 11 is 0. The molecule has 2 aromatic rings. The fourth-order valence-corrected chi connectivity index (χ4v) is 2.80. The first kappa shape index (κ1) is 13.0. The quantitative estimate of drug-likeness (QED) is 0.869. The average molecular weight is 273 g/mol. The number of fused-ring (bicyclic) bond motifs is 1. The molecule has 0 saturated carbocycles. The maximum absolute atomic E-state index is 11.5. The smallest absolute Gasteiger partial charge is 0.409 e. The van der Waals surface area contributed by atoms with Crippen molar-refractivity contribution in [3.63, 3.8) is 0 Å². The zero-order valence-electron chi connectivity index (χ0n) is 11.8. The lowest BCUT2D eigenvalue weighted by Crippen LogP contribution is -2.37. The van der Waals surface area contributed by atoms with Crippen LogP contribution in [0, 0.1) is 6.92 Å². The van der Waals surface area contributed by atoms with Gasteiger partial charge in [-0.2, -0.15) is 0 Å². The summed E-state index contributed by atoms with van der Waals surface area (Å²) < 4.78 is 4.76. The van der Waals surface area contributed by atoms with Crippen LogP contribution < -0.4 is 0 Å². The first-order chi connectivity index (χ1) is 9.67. The van der Waals surface area contributed by atoms with Crippen LogP contribution in [0.25, 0.3) is 11.0 Å². The second-order valence-electron chi connectivity index (χ2n) is 5.37. The van der Waals surface area contributed by atoms with Crippen molar-refractivity contribution in [3.05, 3.63) is 29.6 Å². The van der Waals surface area contributed by atoms with Gasteiger partial charge in [-0.3, -0.25) is 0 Å². The number of carbonyl (C=O) groups is 1. The van der Waals surface area contributed by atoms with Crippen LogP contribution in [0.4, 0.5) is 4.79 Å². The highest BCUT2D eigenvalue weighted by Crippen LogP contribution is 2.28. The molecule has 1 saturated heterocycles. The summed E-state index contributed by atoms with van der Waals surface area (Å²) in [5.41, 5.74) is 3.34. The Kier molecular flexibility index (Phi) is 3.34. The molecule has 1 aliphatic heterocycles. The molecule has 3 rings (SSSR count). The number of benzene rings is 1. The van der Waals surface area contributed by atoms with E-state index in [0.717, 1.165) is 42.8 Å². The van der Waals surface area contributed by atoms with Crippen LogP contribution in [0.3, 0.4) is 0 Å². The van der Waals surface area contributed by atoms with E-state index in [4.69, 9.17) is 4.74 Å². The predicted octanol–water partition coefficient (Wildman–Crippen LogP) is 2.82. The summed E-state index contributed by atoms with van der Waals surface area (Å²) in [6.45, 7) is 3.54. The Labute approximate surface area is 117 Å². The fraction of sp³-hybridized carbons (Fsp3) is 0.467. The van der Waals surface area contributed by atoms with Gasteiger partial charge in [0, 0.05) is 19.0 Å². The van der Waals surface area contributed by atoms with E-state index in [2.05, 4.69) is 29.0 Å². The number of nitrogens with one attached hydrogen (secondary N) is 1.